The fraction of sp³-hybridized carbons (Fsp3) is 1.00. The minimum absolute atomic E-state index is 0.407. The second kappa shape index (κ2) is 12.8. The first-order valence-electron chi connectivity index (χ1n) is 7.08. The average molecular weight is 327 g/mol. The largest absolute Gasteiger partial charge is 0.728 e. The first kappa shape index (κ1) is 20.1. The SMILES string of the molecule is CCCCCCCCCO[P+](=O)O[Si](OC)(OC)OC. The van der Waals surface area contributed by atoms with Gasteiger partial charge >= 0.3 is 17.3 Å². The number of rotatable bonds is 14. The van der Waals surface area contributed by atoms with E-state index in [0.29, 0.717) is 6.61 Å². The Hall–Kier alpha value is 0.117. The molecule has 0 fully saturated rings. The predicted molar refractivity (Wildman–Crippen MR) is 79.4 cm³/mol. The fourth-order valence-electron chi connectivity index (χ4n) is 1.68. The molecule has 0 amide bonds. The zero-order chi connectivity index (χ0) is 15.3. The lowest BCUT2D eigenvalue weighted by atomic mass is 10.1. The van der Waals surface area contributed by atoms with Crippen LogP contribution >= 0.6 is 8.25 Å². The van der Waals surface area contributed by atoms with Crippen molar-refractivity contribution in [1.82, 2.24) is 0 Å². The molecule has 120 valence electrons. The van der Waals surface area contributed by atoms with E-state index in [-0.39, 0.29) is 0 Å². The molecule has 1 unspecified atom stereocenters. The molecule has 0 rings (SSSR count). The van der Waals surface area contributed by atoms with Gasteiger partial charge in [0.2, 0.25) is 0 Å². The zero-order valence-electron chi connectivity index (χ0n) is 13.1. The summed E-state index contributed by atoms with van der Waals surface area (Å²) in [6.45, 7) is 2.61. The summed E-state index contributed by atoms with van der Waals surface area (Å²) < 4.78 is 36.8. The third-order valence-corrected chi connectivity index (χ3v) is 6.27. The molecule has 0 bridgehead atoms. The number of unbranched alkanes of at least 4 members (excludes halogenated alkanes) is 6. The summed E-state index contributed by atoms with van der Waals surface area (Å²) in [6.07, 6.45) is 8.24. The molecule has 0 radical (unpaired) electrons. The van der Waals surface area contributed by atoms with Crippen molar-refractivity contribution in [2.45, 2.75) is 51.9 Å². The van der Waals surface area contributed by atoms with E-state index >= 15 is 0 Å². The highest BCUT2D eigenvalue weighted by Crippen LogP contribution is 2.30. The van der Waals surface area contributed by atoms with Crippen LogP contribution in [-0.2, 0) is 26.6 Å². The molecule has 0 N–H and O–H groups in total. The van der Waals surface area contributed by atoms with Gasteiger partial charge in [0.15, 0.2) is 0 Å². The Morgan fingerprint density at radius 3 is 1.85 bits per heavy atom. The van der Waals surface area contributed by atoms with Gasteiger partial charge in [-0.3, -0.25) is 0 Å². The molecule has 1 atom stereocenters. The standard InChI is InChI=1S/C12H28O6PSi/c1-5-6-7-8-9-10-11-12-17-19(13)18-20(14-2,15-3)16-4/h5-12H2,1-4H3/q+1. The molecule has 0 aromatic carbocycles. The van der Waals surface area contributed by atoms with Crippen molar-refractivity contribution in [3.8, 4) is 0 Å². The molecule has 0 saturated carbocycles. The van der Waals surface area contributed by atoms with E-state index in [9.17, 15) is 4.57 Å². The van der Waals surface area contributed by atoms with Gasteiger partial charge < -0.3 is 13.3 Å². The smallest absolute Gasteiger partial charge is 0.353 e. The predicted octanol–water partition coefficient (Wildman–Crippen LogP) is 3.80. The minimum Gasteiger partial charge on any atom is -0.353 e. The Bertz CT molecular complexity index is 242. The van der Waals surface area contributed by atoms with Crippen LogP contribution in [0.5, 0.6) is 0 Å². The second-order valence-corrected chi connectivity index (χ2v) is 8.04. The highest BCUT2D eigenvalue weighted by molar-refractivity contribution is 7.35. The van der Waals surface area contributed by atoms with Gasteiger partial charge in [0.1, 0.15) is 6.61 Å². The molecule has 0 saturated heterocycles. The summed E-state index contributed by atoms with van der Waals surface area (Å²) in [7, 11) is -1.40. The lowest BCUT2D eigenvalue weighted by molar-refractivity contribution is 0.0472. The summed E-state index contributed by atoms with van der Waals surface area (Å²) in [5.74, 6) is 0. The van der Waals surface area contributed by atoms with Crippen LogP contribution in [-0.4, -0.2) is 37.0 Å². The quantitative estimate of drug-likeness (QED) is 0.275. The van der Waals surface area contributed by atoms with Crippen LogP contribution in [0.1, 0.15) is 51.9 Å². The Balaban J connectivity index is 3.63. The van der Waals surface area contributed by atoms with Crippen molar-refractivity contribution in [1.29, 1.82) is 0 Å². The van der Waals surface area contributed by atoms with Gasteiger partial charge in [-0.1, -0.05) is 49.7 Å². The first-order chi connectivity index (χ1) is 9.64. The van der Waals surface area contributed by atoms with Crippen molar-refractivity contribution in [3.63, 3.8) is 0 Å². The molecule has 0 heterocycles. The zero-order valence-corrected chi connectivity index (χ0v) is 14.9. The third-order valence-electron chi connectivity index (χ3n) is 2.88. The molecule has 8 heteroatoms. The van der Waals surface area contributed by atoms with Gasteiger partial charge in [-0.2, -0.15) is 0 Å². The highest BCUT2D eigenvalue weighted by atomic mass is 31.1. The van der Waals surface area contributed by atoms with Crippen molar-refractivity contribution in [2.24, 2.45) is 0 Å². The summed E-state index contributed by atoms with van der Waals surface area (Å²) in [6, 6.07) is 0. The van der Waals surface area contributed by atoms with Crippen molar-refractivity contribution in [3.05, 3.63) is 0 Å². The molecule has 0 aliphatic heterocycles. The van der Waals surface area contributed by atoms with E-state index in [1.807, 2.05) is 0 Å². The maximum absolute atomic E-state index is 11.6. The second-order valence-electron chi connectivity index (χ2n) is 4.38. The van der Waals surface area contributed by atoms with Gasteiger partial charge in [-0.25, -0.2) is 0 Å². The first-order valence-corrected chi connectivity index (χ1v) is 9.81. The van der Waals surface area contributed by atoms with Crippen LogP contribution in [0.4, 0.5) is 0 Å². The van der Waals surface area contributed by atoms with Crippen molar-refractivity contribution < 1.29 is 26.6 Å². The lowest BCUT2D eigenvalue weighted by Gasteiger charge is -2.15. The normalized spacial score (nSPS) is 12.7. The molecule has 0 aliphatic rings. The van der Waals surface area contributed by atoms with E-state index in [2.05, 4.69) is 6.92 Å². The van der Waals surface area contributed by atoms with E-state index < -0.39 is 17.3 Å². The molecule has 0 aliphatic carbocycles. The van der Waals surface area contributed by atoms with Crippen LogP contribution in [0, 0.1) is 0 Å². The summed E-state index contributed by atoms with van der Waals surface area (Å²) >= 11 is 0. The molecule has 6 nitrogen and oxygen atoms in total. The van der Waals surface area contributed by atoms with Gasteiger partial charge in [0, 0.05) is 25.9 Å². The molecular weight excluding hydrogens is 299 g/mol. The van der Waals surface area contributed by atoms with E-state index in [4.69, 9.17) is 22.0 Å². The van der Waals surface area contributed by atoms with Gasteiger partial charge in [-0.15, -0.1) is 4.52 Å². The van der Waals surface area contributed by atoms with E-state index in [1.54, 1.807) is 0 Å². The Labute approximate surface area is 124 Å². The molecule has 0 aromatic rings. The minimum atomic E-state index is -3.28. The van der Waals surface area contributed by atoms with Crippen LogP contribution in [0.15, 0.2) is 0 Å². The third kappa shape index (κ3) is 9.13. The summed E-state index contributed by atoms with van der Waals surface area (Å²) in [4.78, 5) is 0. The Morgan fingerprint density at radius 1 is 0.850 bits per heavy atom. The van der Waals surface area contributed by atoms with Gasteiger partial charge in [0.05, 0.1) is 0 Å². The van der Waals surface area contributed by atoms with Crippen molar-refractivity contribution >= 4 is 17.3 Å². The highest BCUT2D eigenvalue weighted by Gasteiger charge is 2.53. The maximum atomic E-state index is 11.6. The molecule has 0 aromatic heterocycles. The van der Waals surface area contributed by atoms with Crippen LogP contribution in [0.3, 0.4) is 0 Å². The summed E-state index contributed by atoms with van der Waals surface area (Å²) in [5.41, 5.74) is 0. The fourth-order valence-corrected chi connectivity index (χ4v) is 4.29. The maximum Gasteiger partial charge on any atom is 0.728 e. The average Bonchev–Trinajstić information content (AvgIpc) is 2.47. The topological polar surface area (TPSA) is 63.2 Å². The Morgan fingerprint density at radius 2 is 1.35 bits per heavy atom. The number of hydrogen-bond acceptors (Lipinski definition) is 6. The molecule has 0 spiro atoms. The van der Waals surface area contributed by atoms with Crippen molar-refractivity contribution in [2.75, 3.05) is 27.9 Å². The Kier molecular flexibility index (Phi) is 12.9. The number of hydrogen-bond donors (Lipinski definition) is 0. The van der Waals surface area contributed by atoms with E-state index in [0.717, 1.165) is 12.8 Å². The van der Waals surface area contributed by atoms with Crippen LogP contribution in [0.2, 0.25) is 0 Å². The van der Waals surface area contributed by atoms with Crippen LogP contribution < -0.4 is 0 Å². The lowest BCUT2D eigenvalue weighted by Crippen LogP contribution is -2.44. The monoisotopic (exact) mass is 327 g/mol. The van der Waals surface area contributed by atoms with E-state index in [1.165, 1.54) is 53.4 Å². The molecular formula is C12H28O6PSi+. The summed E-state index contributed by atoms with van der Waals surface area (Å²) in [5, 5.41) is 0. The van der Waals surface area contributed by atoms with Gasteiger partial charge in [0.25, 0.3) is 0 Å². The van der Waals surface area contributed by atoms with Crippen LogP contribution in [0.25, 0.3) is 0 Å². The van der Waals surface area contributed by atoms with Gasteiger partial charge in [-0.05, 0) is 6.42 Å². The molecule has 20 heavy (non-hydrogen) atoms.